The first-order valence-electron chi connectivity index (χ1n) is 6.73. The molecule has 1 aliphatic heterocycles. The molecule has 100 valence electrons. The van der Waals surface area contributed by atoms with Crippen molar-refractivity contribution in [2.75, 3.05) is 18.0 Å². The number of fused-ring (bicyclic) bond motifs is 1. The highest BCUT2D eigenvalue weighted by atomic mass is 32.1. The Morgan fingerprint density at radius 1 is 1.42 bits per heavy atom. The molecule has 0 saturated carbocycles. The van der Waals surface area contributed by atoms with Gasteiger partial charge < -0.3 is 10.6 Å². The Balaban J connectivity index is 1.84. The molecule has 2 heterocycles. The maximum absolute atomic E-state index is 5.74. The number of aryl methyl sites for hydroxylation is 1. The molecule has 19 heavy (non-hydrogen) atoms. The van der Waals surface area contributed by atoms with Crippen LogP contribution in [-0.2, 0) is 6.54 Å². The maximum atomic E-state index is 5.74. The predicted molar refractivity (Wildman–Crippen MR) is 80.8 cm³/mol. The predicted octanol–water partition coefficient (Wildman–Crippen LogP) is 2.90. The third-order valence-electron chi connectivity index (χ3n) is 3.69. The lowest BCUT2D eigenvalue weighted by atomic mass is 9.98. The van der Waals surface area contributed by atoms with Gasteiger partial charge >= 0.3 is 0 Å². The van der Waals surface area contributed by atoms with Gasteiger partial charge in [0.2, 0.25) is 0 Å². The highest BCUT2D eigenvalue weighted by Gasteiger charge is 2.27. The lowest BCUT2D eigenvalue weighted by Crippen LogP contribution is -2.21. The molecular weight excluding hydrogens is 254 g/mol. The van der Waals surface area contributed by atoms with E-state index < -0.39 is 0 Å². The van der Waals surface area contributed by atoms with Gasteiger partial charge in [0.1, 0.15) is 0 Å². The number of nitrogens with two attached hydrogens (primary N) is 1. The van der Waals surface area contributed by atoms with Gasteiger partial charge in [-0.3, -0.25) is 0 Å². The fraction of sp³-hybridized carbons (Fsp3) is 0.400. The molecule has 0 saturated heterocycles. The summed E-state index contributed by atoms with van der Waals surface area (Å²) in [7, 11) is 0. The molecule has 0 amide bonds. The molecule has 1 atom stereocenters. The fourth-order valence-electron chi connectivity index (χ4n) is 2.85. The van der Waals surface area contributed by atoms with E-state index in [-0.39, 0.29) is 0 Å². The summed E-state index contributed by atoms with van der Waals surface area (Å²) < 4.78 is 0. The maximum Gasteiger partial charge on any atom is 0.0897 e. The van der Waals surface area contributed by atoms with Gasteiger partial charge in [-0.2, -0.15) is 0 Å². The van der Waals surface area contributed by atoms with Crippen LogP contribution in [0.4, 0.5) is 5.69 Å². The smallest absolute Gasteiger partial charge is 0.0897 e. The van der Waals surface area contributed by atoms with Crippen molar-refractivity contribution in [3.8, 4) is 0 Å². The highest BCUT2D eigenvalue weighted by molar-refractivity contribution is 7.11. The third-order valence-corrected chi connectivity index (χ3v) is 4.59. The van der Waals surface area contributed by atoms with Crippen LogP contribution in [-0.4, -0.2) is 18.1 Å². The summed E-state index contributed by atoms with van der Waals surface area (Å²) in [5, 5.41) is 1.14. The van der Waals surface area contributed by atoms with Crippen molar-refractivity contribution in [1.29, 1.82) is 0 Å². The number of rotatable bonds is 4. The molecular formula is C15H19N3S. The van der Waals surface area contributed by atoms with Crippen LogP contribution in [0.25, 0.3) is 0 Å². The summed E-state index contributed by atoms with van der Waals surface area (Å²) in [4.78, 5) is 8.14. The van der Waals surface area contributed by atoms with Gasteiger partial charge in [-0.25, -0.2) is 4.98 Å². The topological polar surface area (TPSA) is 42.2 Å². The van der Waals surface area contributed by atoms with Gasteiger partial charge in [0.15, 0.2) is 0 Å². The molecule has 0 spiro atoms. The Hall–Kier alpha value is -1.39. The quantitative estimate of drug-likeness (QED) is 0.931. The number of thiazole rings is 1. The van der Waals surface area contributed by atoms with E-state index in [1.54, 1.807) is 11.3 Å². The zero-order valence-corrected chi connectivity index (χ0v) is 12.0. The largest absolute Gasteiger partial charge is 0.365 e. The minimum atomic E-state index is 0.579. The van der Waals surface area contributed by atoms with Crippen LogP contribution in [0.15, 0.2) is 30.5 Å². The molecule has 3 rings (SSSR count). The van der Waals surface area contributed by atoms with Crippen molar-refractivity contribution in [2.45, 2.75) is 25.8 Å². The van der Waals surface area contributed by atoms with Gasteiger partial charge in [-0.05, 0) is 31.5 Å². The Labute approximate surface area is 118 Å². The molecule has 0 bridgehead atoms. The molecule has 1 aromatic heterocycles. The molecule has 4 heteroatoms. The zero-order valence-electron chi connectivity index (χ0n) is 11.2. The van der Waals surface area contributed by atoms with Crippen molar-refractivity contribution in [2.24, 2.45) is 5.73 Å². The van der Waals surface area contributed by atoms with Crippen molar-refractivity contribution < 1.29 is 0 Å². The normalized spacial score (nSPS) is 17.8. The highest BCUT2D eigenvalue weighted by Crippen LogP contribution is 2.38. The average Bonchev–Trinajstić information content (AvgIpc) is 2.97. The molecule has 1 aliphatic rings. The summed E-state index contributed by atoms with van der Waals surface area (Å²) in [5.41, 5.74) is 8.56. The third kappa shape index (κ3) is 2.51. The molecule has 3 nitrogen and oxygen atoms in total. The van der Waals surface area contributed by atoms with Crippen LogP contribution < -0.4 is 10.6 Å². The number of hydrogen-bond donors (Lipinski definition) is 1. The van der Waals surface area contributed by atoms with E-state index in [9.17, 15) is 0 Å². The molecule has 2 N–H and O–H groups in total. The second-order valence-corrected chi connectivity index (χ2v) is 6.38. The Morgan fingerprint density at radius 3 is 3.00 bits per heavy atom. The van der Waals surface area contributed by atoms with Gasteiger partial charge in [-0.15, -0.1) is 11.3 Å². The van der Waals surface area contributed by atoms with Gasteiger partial charge in [0.05, 0.1) is 11.6 Å². The molecule has 0 radical (unpaired) electrons. The second kappa shape index (κ2) is 5.31. The van der Waals surface area contributed by atoms with Crippen molar-refractivity contribution in [3.63, 3.8) is 0 Å². The molecule has 0 fully saturated rings. The van der Waals surface area contributed by atoms with Crippen LogP contribution in [0.2, 0.25) is 0 Å². The average molecular weight is 273 g/mol. The van der Waals surface area contributed by atoms with E-state index in [0.29, 0.717) is 5.92 Å². The van der Waals surface area contributed by atoms with Crippen molar-refractivity contribution in [3.05, 3.63) is 45.9 Å². The van der Waals surface area contributed by atoms with Crippen molar-refractivity contribution >= 4 is 17.0 Å². The summed E-state index contributed by atoms with van der Waals surface area (Å²) in [6, 6.07) is 8.71. The van der Waals surface area contributed by atoms with E-state index in [1.807, 2.05) is 6.20 Å². The number of anilines is 1. The van der Waals surface area contributed by atoms with E-state index in [1.165, 1.54) is 16.1 Å². The molecule has 0 aliphatic carbocycles. The molecule has 2 aromatic rings. The number of nitrogens with zero attached hydrogens (tertiary/aromatic N) is 2. The van der Waals surface area contributed by atoms with Gasteiger partial charge in [0, 0.05) is 29.2 Å². The van der Waals surface area contributed by atoms with E-state index in [2.05, 4.69) is 41.1 Å². The number of aromatic nitrogens is 1. The minimum absolute atomic E-state index is 0.579. The number of hydrogen-bond acceptors (Lipinski definition) is 4. The van der Waals surface area contributed by atoms with E-state index in [4.69, 9.17) is 5.73 Å². The zero-order chi connectivity index (χ0) is 13.2. The van der Waals surface area contributed by atoms with Crippen LogP contribution in [0, 0.1) is 6.92 Å². The first kappa shape index (κ1) is 12.6. The first-order valence-corrected chi connectivity index (χ1v) is 7.55. The van der Waals surface area contributed by atoms with E-state index in [0.717, 1.165) is 31.1 Å². The lowest BCUT2D eigenvalue weighted by Gasteiger charge is -2.18. The summed E-state index contributed by atoms with van der Waals surface area (Å²) >= 11 is 1.79. The van der Waals surface area contributed by atoms with Crippen LogP contribution in [0.3, 0.4) is 0 Å². The van der Waals surface area contributed by atoms with Crippen LogP contribution in [0.1, 0.15) is 27.8 Å². The van der Waals surface area contributed by atoms with Crippen molar-refractivity contribution in [1.82, 2.24) is 4.98 Å². The fourth-order valence-corrected chi connectivity index (χ4v) is 3.66. The number of benzene rings is 1. The lowest BCUT2D eigenvalue weighted by molar-refractivity contribution is 0.645. The summed E-state index contributed by atoms with van der Waals surface area (Å²) in [5.74, 6) is 0.579. The molecule has 1 unspecified atom stereocenters. The van der Waals surface area contributed by atoms with Gasteiger partial charge in [-0.1, -0.05) is 18.2 Å². The minimum Gasteiger partial charge on any atom is -0.365 e. The summed E-state index contributed by atoms with van der Waals surface area (Å²) in [6.07, 6.45) is 3.06. The Morgan fingerprint density at radius 2 is 2.26 bits per heavy atom. The Bertz CT molecular complexity index is 564. The van der Waals surface area contributed by atoms with Gasteiger partial charge in [0.25, 0.3) is 0 Å². The summed E-state index contributed by atoms with van der Waals surface area (Å²) in [6.45, 7) is 4.85. The van der Waals surface area contributed by atoms with Crippen LogP contribution in [0.5, 0.6) is 0 Å². The first-order chi connectivity index (χ1) is 9.28. The molecule has 1 aromatic carbocycles. The second-order valence-electron chi connectivity index (χ2n) is 5.06. The SMILES string of the molecule is Cc1ncc(CN2CC(CCN)c3ccccc32)s1. The number of para-hydroxylation sites is 1. The van der Waals surface area contributed by atoms with Crippen LogP contribution >= 0.6 is 11.3 Å². The standard InChI is InChI=1S/C15H19N3S/c1-11-17-8-13(19-11)10-18-9-12(6-7-16)14-4-2-3-5-15(14)18/h2-5,8,12H,6-7,9-10,16H2,1H3. The van der Waals surface area contributed by atoms with E-state index >= 15 is 0 Å². The Kier molecular flexibility index (Phi) is 3.53. The monoisotopic (exact) mass is 273 g/mol.